The third-order valence-corrected chi connectivity index (χ3v) is 2.81. The minimum Gasteiger partial charge on any atom is -0.493 e. The van der Waals surface area contributed by atoms with Gasteiger partial charge in [0.15, 0.2) is 0 Å². The second-order valence-electron chi connectivity index (χ2n) is 4.17. The summed E-state index contributed by atoms with van der Waals surface area (Å²) in [5, 5.41) is 9.32. The van der Waals surface area contributed by atoms with E-state index in [-0.39, 0.29) is 19.0 Å². The van der Waals surface area contributed by atoms with E-state index in [0.29, 0.717) is 11.3 Å². The van der Waals surface area contributed by atoms with Crippen LogP contribution in [0.15, 0.2) is 48.5 Å². The molecule has 0 bridgehead atoms. The molecule has 4 heteroatoms. The minimum atomic E-state index is -0.482. The van der Waals surface area contributed by atoms with Crippen LogP contribution in [0, 0.1) is 11.6 Å². The Morgan fingerprint density at radius 1 is 1.05 bits per heavy atom. The van der Waals surface area contributed by atoms with Gasteiger partial charge in [-0.3, -0.25) is 0 Å². The number of ether oxygens (including phenoxy) is 1. The van der Waals surface area contributed by atoms with Crippen molar-refractivity contribution in [3.05, 3.63) is 65.7 Å². The number of aliphatic hydroxyl groups is 1. The maximum atomic E-state index is 13.6. The molecule has 1 atom stereocenters. The first-order valence-corrected chi connectivity index (χ1v) is 5.94. The van der Waals surface area contributed by atoms with Crippen molar-refractivity contribution in [2.75, 3.05) is 13.2 Å². The van der Waals surface area contributed by atoms with Gasteiger partial charge in [-0.1, -0.05) is 24.3 Å². The van der Waals surface area contributed by atoms with Crippen molar-refractivity contribution in [3.63, 3.8) is 0 Å². The minimum absolute atomic E-state index is 0.0842. The average molecular weight is 264 g/mol. The van der Waals surface area contributed by atoms with Gasteiger partial charge in [0.25, 0.3) is 0 Å². The van der Waals surface area contributed by atoms with E-state index in [4.69, 9.17) is 4.74 Å². The summed E-state index contributed by atoms with van der Waals surface area (Å²) >= 11 is 0. The van der Waals surface area contributed by atoms with Gasteiger partial charge < -0.3 is 9.84 Å². The molecule has 1 N–H and O–H groups in total. The molecular formula is C15H14F2O2. The molecule has 0 saturated carbocycles. The number of hydrogen-bond acceptors (Lipinski definition) is 2. The van der Waals surface area contributed by atoms with Gasteiger partial charge in [0, 0.05) is 12.0 Å². The molecular weight excluding hydrogens is 250 g/mol. The van der Waals surface area contributed by atoms with Crippen molar-refractivity contribution in [1.29, 1.82) is 0 Å². The van der Waals surface area contributed by atoms with E-state index in [1.807, 2.05) is 0 Å². The van der Waals surface area contributed by atoms with Crippen molar-refractivity contribution in [1.82, 2.24) is 0 Å². The van der Waals surface area contributed by atoms with Crippen molar-refractivity contribution >= 4 is 0 Å². The van der Waals surface area contributed by atoms with Gasteiger partial charge in [-0.15, -0.1) is 0 Å². The monoisotopic (exact) mass is 264 g/mol. The molecule has 0 aliphatic rings. The molecule has 2 aromatic rings. The molecule has 0 aromatic heterocycles. The zero-order valence-corrected chi connectivity index (χ0v) is 10.2. The lowest BCUT2D eigenvalue weighted by Crippen LogP contribution is -2.15. The summed E-state index contributed by atoms with van der Waals surface area (Å²) in [5.41, 5.74) is 0.390. The maximum absolute atomic E-state index is 13.6. The highest BCUT2D eigenvalue weighted by Gasteiger charge is 2.15. The van der Waals surface area contributed by atoms with Crippen LogP contribution in [0.2, 0.25) is 0 Å². The predicted molar refractivity (Wildman–Crippen MR) is 68.1 cm³/mol. The summed E-state index contributed by atoms with van der Waals surface area (Å²) in [6, 6.07) is 11.9. The fourth-order valence-corrected chi connectivity index (χ4v) is 1.80. The molecule has 2 aromatic carbocycles. The molecule has 0 spiro atoms. The van der Waals surface area contributed by atoms with E-state index in [9.17, 15) is 13.9 Å². The number of aliphatic hydroxyl groups excluding tert-OH is 1. The highest BCUT2D eigenvalue weighted by molar-refractivity contribution is 5.24. The molecule has 0 radical (unpaired) electrons. The number of halogens is 2. The summed E-state index contributed by atoms with van der Waals surface area (Å²) in [7, 11) is 0. The van der Waals surface area contributed by atoms with Gasteiger partial charge in [-0.2, -0.15) is 0 Å². The standard InChI is InChI=1S/C15H14F2O2/c16-12-4-3-5-13(8-12)19-10-11(9-18)14-6-1-2-7-15(14)17/h1-8,11,18H,9-10H2. The van der Waals surface area contributed by atoms with E-state index < -0.39 is 11.7 Å². The topological polar surface area (TPSA) is 29.5 Å². The summed E-state index contributed by atoms with van der Waals surface area (Å²) in [5.74, 6) is -0.910. The molecule has 2 nitrogen and oxygen atoms in total. The fraction of sp³-hybridized carbons (Fsp3) is 0.200. The van der Waals surface area contributed by atoms with Crippen molar-refractivity contribution in [3.8, 4) is 5.75 Å². The first kappa shape index (κ1) is 13.5. The second kappa shape index (κ2) is 6.29. The zero-order valence-electron chi connectivity index (χ0n) is 10.2. The Bertz CT molecular complexity index is 543. The summed E-state index contributed by atoms with van der Waals surface area (Å²) < 4.78 is 31.9. The van der Waals surface area contributed by atoms with Crippen molar-refractivity contribution in [2.45, 2.75) is 5.92 Å². The van der Waals surface area contributed by atoms with Crippen LogP contribution >= 0.6 is 0 Å². The number of hydrogen-bond donors (Lipinski definition) is 1. The molecule has 0 saturated heterocycles. The van der Waals surface area contributed by atoms with Crippen LogP contribution < -0.4 is 4.74 Å². The van der Waals surface area contributed by atoms with Crippen LogP contribution in [0.3, 0.4) is 0 Å². The van der Waals surface area contributed by atoms with E-state index in [1.54, 1.807) is 24.3 Å². The third-order valence-electron chi connectivity index (χ3n) is 2.81. The Labute approximate surface area is 110 Å². The first-order chi connectivity index (χ1) is 9.20. The Morgan fingerprint density at radius 2 is 1.84 bits per heavy atom. The van der Waals surface area contributed by atoms with E-state index >= 15 is 0 Å². The van der Waals surface area contributed by atoms with Crippen LogP contribution in [-0.4, -0.2) is 18.3 Å². The lowest BCUT2D eigenvalue weighted by Gasteiger charge is -2.16. The summed E-state index contributed by atoms with van der Waals surface area (Å²) in [4.78, 5) is 0. The molecule has 19 heavy (non-hydrogen) atoms. The number of rotatable bonds is 5. The van der Waals surface area contributed by atoms with E-state index in [1.165, 1.54) is 24.3 Å². The van der Waals surface area contributed by atoms with Crippen molar-refractivity contribution in [2.24, 2.45) is 0 Å². The van der Waals surface area contributed by atoms with Crippen LogP contribution in [0.5, 0.6) is 5.75 Å². The fourth-order valence-electron chi connectivity index (χ4n) is 1.80. The van der Waals surface area contributed by atoms with Crippen LogP contribution in [0.25, 0.3) is 0 Å². The van der Waals surface area contributed by atoms with Crippen molar-refractivity contribution < 1.29 is 18.6 Å². The Kier molecular flexibility index (Phi) is 4.47. The van der Waals surface area contributed by atoms with Crippen LogP contribution in [0.1, 0.15) is 11.5 Å². The van der Waals surface area contributed by atoms with Gasteiger partial charge in [-0.05, 0) is 23.8 Å². The summed E-state index contributed by atoms with van der Waals surface area (Å²) in [6.45, 7) is -0.156. The normalized spacial score (nSPS) is 12.2. The highest BCUT2D eigenvalue weighted by atomic mass is 19.1. The van der Waals surface area contributed by atoms with Gasteiger partial charge in [-0.25, -0.2) is 8.78 Å². The summed E-state index contributed by atoms with van der Waals surface area (Å²) in [6.07, 6.45) is 0. The van der Waals surface area contributed by atoms with Gasteiger partial charge >= 0.3 is 0 Å². The predicted octanol–water partition coefficient (Wildman–Crippen LogP) is 3.12. The Morgan fingerprint density at radius 3 is 2.53 bits per heavy atom. The van der Waals surface area contributed by atoms with Gasteiger partial charge in [0.1, 0.15) is 17.4 Å². The van der Waals surface area contributed by atoms with Gasteiger partial charge in [0.2, 0.25) is 0 Å². The number of benzene rings is 2. The molecule has 100 valence electrons. The van der Waals surface area contributed by atoms with E-state index in [2.05, 4.69) is 0 Å². The Hall–Kier alpha value is -1.94. The lowest BCUT2D eigenvalue weighted by atomic mass is 10.0. The van der Waals surface area contributed by atoms with E-state index in [0.717, 1.165) is 0 Å². The maximum Gasteiger partial charge on any atom is 0.126 e. The third kappa shape index (κ3) is 3.51. The molecule has 2 rings (SSSR count). The average Bonchev–Trinajstić information content (AvgIpc) is 2.41. The quantitative estimate of drug-likeness (QED) is 0.899. The largest absolute Gasteiger partial charge is 0.493 e. The smallest absolute Gasteiger partial charge is 0.126 e. The highest BCUT2D eigenvalue weighted by Crippen LogP contribution is 2.21. The van der Waals surface area contributed by atoms with Crippen LogP contribution in [-0.2, 0) is 0 Å². The zero-order chi connectivity index (χ0) is 13.7. The molecule has 0 amide bonds. The molecule has 0 aliphatic heterocycles. The molecule has 1 unspecified atom stereocenters. The molecule has 0 heterocycles. The SMILES string of the molecule is OCC(COc1cccc(F)c1)c1ccccc1F. The van der Waals surface area contributed by atoms with Crippen LogP contribution in [0.4, 0.5) is 8.78 Å². The van der Waals surface area contributed by atoms with Gasteiger partial charge in [0.05, 0.1) is 13.2 Å². The lowest BCUT2D eigenvalue weighted by molar-refractivity contribution is 0.202. The first-order valence-electron chi connectivity index (χ1n) is 5.94. The second-order valence-corrected chi connectivity index (χ2v) is 4.17. The molecule has 0 fully saturated rings. The Balaban J connectivity index is 2.06. The molecule has 0 aliphatic carbocycles.